The van der Waals surface area contributed by atoms with Crippen LogP contribution in [0, 0.1) is 6.92 Å². The Morgan fingerprint density at radius 1 is 1.32 bits per heavy atom. The molecule has 2 rings (SSSR count). The first kappa shape index (κ1) is 13.5. The van der Waals surface area contributed by atoms with Crippen LogP contribution in [0.2, 0.25) is 0 Å². The maximum absolute atomic E-state index is 12.2. The van der Waals surface area contributed by atoms with E-state index in [0.717, 1.165) is 10.5 Å². The van der Waals surface area contributed by atoms with Gasteiger partial charge in [0.1, 0.15) is 5.76 Å². The molecule has 5 heteroatoms. The average molecular weight is 277 g/mol. The Hall–Kier alpha value is -1.88. The van der Waals surface area contributed by atoms with E-state index in [0.29, 0.717) is 5.76 Å². The van der Waals surface area contributed by atoms with Gasteiger partial charge in [0.2, 0.25) is 0 Å². The molecule has 1 N–H and O–H groups in total. The fourth-order valence-electron chi connectivity index (χ4n) is 1.67. The summed E-state index contributed by atoms with van der Waals surface area (Å²) in [5.74, 6) is 0.755. The molecular weight excluding hydrogens is 262 g/mol. The number of amides is 1. The van der Waals surface area contributed by atoms with Crippen LogP contribution in [0.1, 0.15) is 21.9 Å². The van der Waals surface area contributed by atoms with Crippen molar-refractivity contribution in [3.8, 4) is 0 Å². The molecule has 0 bridgehead atoms. The second kappa shape index (κ2) is 5.84. The molecule has 1 heterocycles. The smallest absolute Gasteiger partial charge is 0.286 e. The zero-order chi connectivity index (χ0) is 13.8. The SMILES string of the molecule is CNC(=O)c1ccc(CS(=O)c2cccc(C)c2)o1. The Kier molecular flexibility index (Phi) is 4.16. The summed E-state index contributed by atoms with van der Waals surface area (Å²) in [6.45, 7) is 1.96. The third kappa shape index (κ3) is 3.32. The van der Waals surface area contributed by atoms with Gasteiger partial charge in [-0.15, -0.1) is 0 Å². The summed E-state index contributed by atoms with van der Waals surface area (Å²) < 4.78 is 17.5. The second-order valence-corrected chi connectivity index (χ2v) is 5.60. The Morgan fingerprint density at radius 2 is 2.11 bits per heavy atom. The highest BCUT2D eigenvalue weighted by Crippen LogP contribution is 2.16. The van der Waals surface area contributed by atoms with Crippen molar-refractivity contribution in [3.05, 3.63) is 53.5 Å². The summed E-state index contributed by atoms with van der Waals surface area (Å²) in [6.07, 6.45) is 0. The number of rotatable bonds is 4. The number of benzene rings is 1. The summed E-state index contributed by atoms with van der Waals surface area (Å²) >= 11 is 0. The molecular formula is C14H15NO3S. The zero-order valence-electron chi connectivity index (χ0n) is 10.8. The standard InChI is InChI=1S/C14H15NO3S/c1-10-4-3-5-12(8-10)19(17)9-11-6-7-13(18-11)14(16)15-2/h3-8H,9H2,1-2H3,(H,15,16). The zero-order valence-corrected chi connectivity index (χ0v) is 11.6. The lowest BCUT2D eigenvalue weighted by atomic mass is 10.2. The number of hydrogen-bond donors (Lipinski definition) is 1. The minimum Gasteiger partial charge on any atom is -0.455 e. The van der Waals surface area contributed by atoms with Crippen molar-refractivity contribution < 1.29 is 13.4 Å². The summed E-state index contributed by atoms with van der Waals surface area (Å²) in [7, 11) is 0.365. The fourth-order valence-corrected chi connectivity index (χ4v) is 2.80. The Bertz CT molecular complexity index is 619. The lowest BCUT2D eigenvalue weighted by Gasteiger charge is -2.01. The van der Waals surface area contributed by atoms with Crippen LogP contribution in [0.4, 0.5) is 0 Å². The largest absolute Gasteiger partial charge is 0.455 e. The van der Waals surface area contributed by atoms with Crippen LogP contribution in [0.15, 0.2) is 45.7 Å². The number of carbonyl (C=O) groups excluding carboxylic acids is 1. The van der Waals surface area contributed by atoms with Crippen LogP contribution >= 0.6 is 0 Å². The van der Waals surface area contributed by atoms with E-state index in [1.54, 1.807) is 12.1 Å². The molecule has 0 saturated carbocycles. The van der Waals surface area contributed by atoms with Gasteiger partial charge in [-0.2, -0.15) is 0 Å². The molecule has 1 aromatic heterocycles. The van der Waals surface area contributed by atoms with Crippen LogP contribution in [-0.4, -0.2) is 17.2 Å². The molecule has 19 heavy (non-hydrogen) atoms. The Labute approximate surface area is 114 Å². The van der Waals surface area contributed by atoms with Gasteiger partial charge in [-0.1, -0.05) is 12.1 Å². The normalized spacial score (nSPS) is 12.1. The second-order valence-electron chi connectivity index (χ2n) is 4.15. The minimum absolute atomic E-state index is 0.235. The summed E-state index contributed by atoms with van der Waals surface area (Å²) in [5.41, 5.74) is 1.07. The van der Waals surface area contributed by atoms with E-state index in [9.17, 15) is 9.00 Å². The molecule has 100 valence electrons. The van der Waals surface area contributed by atoms with Gasteiger partial charge in [-0.3, -0.25) is 9.00 Å². The van der Waals surface area contributed by atoms with Crippen molar-refractivity contribution in [2.75, 3.05) is 7.05 Å². The number of aryl methyl sites for hydroxylation is 1. The van der Waals surface area contributed by atoms with Crippen molar-refractivity contribution in [3.63, 3.8) is 0 Å². The quantitative estimate of drug-likeness (QED) is 0.932. The first-order valence-electron chi connectivity index (χ1n) is 5.86. The van der Waals surface area contributed by atoms with Crippen LogP contribution in [0.25, 0.3) is 0 Å². The molecule has 1 unspecified atom stereocenters. The van der Waals surface area contributed by atoms with E-state index in [2.05, 4.69) is 5.32 Å². The molecule has 4 nitrogen and oxygen atoms in total. The van der Waals surface area contributed by atoms with E-state index in [4.69, 9.17) is 4.42 Å². The molecule has 0 fully saturated rings. The molecule has 0 spiro atoms. The summed E-state index contributed by atoms with van der Waals surface area (Å²) in [4.78, 5) is 12.1. The lowest BCUT2D eigenvalue weighted by Crippen LogP contribution is -2.16. The Morgan fingerprint density at radius 3 is 2.79 bits per heavy atom. The summed E-state index contributed by atoms with van der Waals surface area (Å²) in [5, 5.41) is 2.48. The number of furan rings is 1. The molecule has 0 aliphatic carbocycles. The average Bonchev–Trinajstić information content (AvgIpc) is 2.86. The molecule has 0 radical (unpaired) electrons. The lowest BCUT2D eigenvalue weighted by molar-refractivity contribution is 0.0934. The van der Waals surface area contributed by atoms with Crippen LogP contribution in [-0.2, 0) is 16.6 Å². The maximum atomic E-state index is 12.2. The molecule has 1 atom stereocenters. The van der Waals surface area contributed by atoms with E-state index in [1.165, 1.54) is 7.05 Å². The number of hydrogen-bond acceptors (Lipinski definition) is 3. The van der Waals surface area contributed by atoms with E-state index < -0.39 is 10.8 Å². The first-order chi connectivity index (χ1) is 9.10. The molecule has 0 saturated heterocycles. The molecule has 1 aromatic carbocycles. The third-order valence-corrected chi connectivity index (χ3v) is 3.96. The van der Waals surface area contributed by atoms with Gasteiger partial charge in [-0.25, -0.2) is 0 Å². The van der Waals surface area contributed by atoms with Gasteiger partial charge in [0.15, 0.2) is 5.76 Å². The van der Waals surface area contributed by atoms with Crippen LogP contribution in [0.5, 0.6) is 0 Å². The van der Waals surface area contributed by atoms with Crippen molar-refractivity contribution in [2.24, 2.45) is 0 Å². The summed E-state index contributed by atoms with van der Waals surface area (Å²) in [6, 6.07) is 10.8. The predicted molar refractivity (Wildman–Crippen MR) is 73.4 cm³/mol. The third-order valence-electron chi connectivity index (χ3n) is 2.64. The highest BCUT2D eigenvalue weighted by molar-refractivity contribution is 7.84. The van der Waals surface area contributed by atoms with Crippen molar-refractivity contribution in [1.82, 2.24) is 5.32 Å². The van der Waals surface area contributed by atoms with E-state index in [1.807, 2.05) is 31.2 Å². The van der Waals surface area contributed by atoms with Gasteiger partial charge < -0.3 is 9.73 Å². The van der Waals surface area contributed by atoms with Gasteiger partial charge in [-0.05, 0) is 36.8 Å². The predicted octanol–water partition coefficient (Wildman–Crippen LogP) is 2.26. The highest BCUT2D eigenvalue weighted by Gasteiger charge is 2.12. The van der Waals surface area contributed by atoms with Crippen molar-refractivity contribution >= 4 is 16.7 Å². The van der Waals surface area contributed by atoms with E-state index >= 15 is 0 Å². The monoisotopic (exact) mass is 277 g/mol. The fraction of sp³-hybridized carbons (Fsp3) is 0.214. The molecule has 0 aliphatic heterocycles. The van der Waals surface area contributed by atoms with Gasteiger partial charge in [0.05, 0.1) is 16.6 Å². The highest BCUT2D eigenvalue weighted by atomic mass is 32.2. The molecule has 0 aliphatic rings. The number of carbonyl (C=O) groups is 1. The van der Waals surface area contributed by atoms with E-state index in [-0.39, 0.29) is 17.4 Å². The first-order valence-corrected chi connectivity index (χ1v) is 7.18. The minimum atomic E-state index is -1.17. The van der Waals surface area contributed by atoms with Gasteiger partial charge >= 0.3 is 0 Å². The topological polar surface area (TPSA) is 59.3 Å². The van der Waals surface area contributed by atoms with Gasteiger partial charge in [0, 0.05) is 11.9 Å². The van der Waals surface area contributed by atoms with Gasteiger partial charge in [0.25, 0.3) is 5.91 Å². The maximum Gasteiger partial charge on any atom is 0.286 e. The number of nitrogens with one attached hydrogen (secondary N) is 1. The van der Waals surface area contributed by atoms with Crippen molar-refractivity contribution in [1.29, 1.82) is 0 Å². The van der Waals surface area contributed by atoms with Crippen LogP contribution in [0.3, 0.4) is 0 Å². The van der Waals surface area contributed by atoms with Crippen LogP contribution < -0.4 is 5.32 Å². The van der Waals surface area contributed by atoms with Crippen molar-refractivity contribution in [2.45, 2.75) is 17.6 Å². The molecule has 1 amide bonds. The Balaban J connectivity index is 2.11. The molecule has 2 aromatic rings.